The molecule has 0 radical (unpaired) electrons. The molecule has 2 fully saturated rings. The second-order valence-electron chi connectivity index (χ2n) is 7.08. The highest BCUT2D eigenvalue weighted by molar-refractivity contribution is 6.07. The fourth-order valence-electron chi connectivity index (χ4n) is 4.05. The summed E-state index contributed by atoms with van der Waals surface area (Å²) in [6, 6.07) is 10.1. The number of carbonyl (C=O) groups is 3. The van der Waals surface area contributed by atoms with Crippen LogP contribution in [0.3, 0.4) is 0 Å². The molecular weight excluding hydrogens is 316 g/mol. The van der Waals surface area contributed by atoms with Crippen LogP contribution in [0.15, 0.2) is 30.3 Å². The first-order valence-corrected chi connectivity index (χ1v) is 9.28. The second kappa shape index (κ2) is 7.81. The van der Waals surface area contributed by atoms with Crippen LogP contribution in [-0.4, -0.2) is 35.7 Å². The summed E-state index contributed by atoms with van der Waals surface area (Å²) in [7, 11) is 0. The highest BCUT2D eigenvalue weighted by atomic mass is 16.2. The number of rotatable bonds is 6. The van der Waals surface area contributed by atoms with Crippen molar-refractivity contribution in [3.05, 3.63) is 35.9 Å². The minimum atomic E-state index is -0.255. The summed E-state index contributed by atoms with van der Waals surface area (Å²) in [5, 5.41) is 2.90. The average molecular weight is 342 g/mol. The van der Waals surface area contributed by atoms with Gasteiger partial charge in [-0.1, -0.05) is 50.1 Å². The summed E-state index contributed by atoms with van der Waals surface area (Å²) in [6.07, 6.45) is 4.46. The largest absolute Gasteiger partial charge is 0.354 e. The number of nitrogens with one attached hydrogen (secondary N) is 1. The third-order valence-corrected chi connectivity index (χ3v) is 5.54. The zero-order valence-corrected chi connectivity index (χ0v) is 14.7. The van der Waals surface area contributed by atoms with E-state index in [1.54, 1.807) is 0 Å². The number of hydrogen-bond acceptors (Lipinski definition) is 3. The van der Waals surface area contributed by atoms with Crippen molar-refractivity contribution in [3.8, 4) is 0 Å². The van der Waals surface area contributed by atoms with Gasteiger partial charge >= 0.3 is 0 Å². The van der Waals surface area contributed by atoms with E-state index in [1.165, 1.54) is 10.5 Å². The van der Waals surface area contributed by atoms with Gasteiger partial charge in [-0.15, -0.1) is 0 Å². The van der Waals surface area contributed by atoms with Crippen LogP contribution in [0.2, 0.25) is 0 Å². The van der Waals surface area contributed by atoms with Gasteiger partial charge in [-0.2, -0.15) is 0 Å². The number of imide groups is 1. The lowest BCUT2D eigenvalue weighted by atomic mass is 9.81. The van der Waals surface area contributed by atoms with Gasteiger partial charge in [0, 0.05) is 12.5 Å². The summed E-state index contributed by atoms with van der Waals surface area (Å²) in [5.74, 6) is -0.712. The van der Waals surface area contributed by atoms with Gasteiger partial charge in [0.2, 0.25) is 17.7 Å². The van der Waals surface area contributed by atoms with Crippen molar-refractivity contribution in [3.63, 3.8) is 0 Å². The van der Waals surface area contributed by atoms with Crippen molar-refractivity contribution < 1.29 is 14.4 Å². The normalized spacial score (nSPS) is 24.1. The average Bonchev–Trinajstić information content (AvgIpc) is 2.88. The Balaban J connectivity index is 1.55. The van der Waals surface area contributed by atoms with Crippen molar-refractivity contribution in [2.24, 2.45) is 11.8 Å². The van der Waals surface area contributed by atoms with Crippen molar-refractivity contribution in [1.29, 1.82) is 0 Å². The number of amides is 3. The van der Waals surface area contributed by atoms with E-state index in [1.807, 2.05) is 18.2 Å². The first-order chi connectivity index (χ1) is 12.1. The molecule has 0 aromatic heterocycles. The predicted octanol–water partition coefficient (Wildman–Crippen LogP) is 2.47. The monoisotopic (exact) mass is 342 g/mol. The summed E-state index contributed by atoms with van der Waals surface area (Å²) in [5.41, 5.74) is 1.18. The molecule has 3 amide bonds. The molecule has 1 aromatic rings. The van der Waals surface area contributed by atoms with E-state index in [2.05, 4.69) is 24.4 Å². The molecule has 134 valence electrons. The molecule has 2 aliphatic rings. The van der Waals surface area contributed by atoms with Gasteiger partial charge in [0.1, 0.15) is 6.54 Å². The maximum atomic E-state index is 12.4. The molecule has 1 aromatic carbocycles. The smallest absolute Gasteiger partial charge is 0.240 e. The summed E-state index contributed by atoms with van der Waals surface area (Å²) in [6.45, 7) is 2.46. The van der Waals surface area contributed by atoms with Gasteiger partial charge < -0.3 is 5.32 Å². The molecule has 0 bridgehead atoms. The predicted molar refractivity (Wildman–Crippen MR) is 94.7 cm³/mol. The number of nitrogens with zero attached hydrogens (tertiary/aromatic N) is 1. The first kappa shape index (κ1) is 17.6. The van der Waals surface area contributed by atoms with Crippen LogP contribution >= 0.6 is 0 Å². The van der Waals surface area contributed by atoms with Gasteiger partial charge in [-0.25, -0.2) is 0 Å². The molecule has 1 N–H and O–H groups in total. The number of benzene rings is 1. The molecule has 1 heterocycles. The summed E-state index contributed by atoms with van der Waals surface area (Å²) >= 11 is 0. The Morgan fingerprint density at radius 3 is 2.28 bits per heavy atom. The molecular formula is C20H26N2O3. The minimum Gasteiger partial charge on any atom is -0.354 e. The zero-order chi connectivity index (χ0) is 17.8. The third kappa shape index (κ3) is 3.75. The van der Waals surface area contributed by atoms with Gasteiger partial charge in [-0.3, -0.25) is 19.3 Å². The van der Waals surface area contributed by atoms with E-state index in [-0.39, 0.29) is 42.0 Å². The highest BCUT2D eigenvalue weighted by Gasteiger charge is 2.48. The van der Waals surface area contributed by atoms with E-state index in [9.17, 15) is 14.4 Å². The number of likely N-dealkylation sites (tertiary alicyclic amines) is 1. The lowest BCUT2D eigenvalue weighted by molar-refractivity contribution is -0.143. The fraction of sp³-hybridized carbons (Fsp3) is 0.550. The Labute approximate surface area is 148 Å². The van der Waals surface area contributed by atoms with E-state index in [4.69, 9.17) is 0 Å². The molecule has 0 spiro atoms. The molecule has 3 unspecified atom stereocenters. The SMILES string of the molecule is CCC(CNC(=O)CN1C(=O)C2CCCCC2C1=O)c1ccccc1. The zero-order valence-electron chi connectivity index (χ0n) is 14.7. The third-order valence-electron chi connectivity index (χ3n) is 5.54. The molecule has 3 rings (SSSR count). The topological polar surface area (TPSA) is 66.5 Å². The maximum Gasteiger partial charge on any atom is 0.240 e. The van der Waals surface area contributed by atoms with Crippen LogP contribution in [0.1, 0.15) is 50.5 Å². The Hall–Kier alpha value is -2.17. The highest BCUT2D eigenvalue weighted by Crippen LogP contribution is 2.37. The Kier molecular flexibility index (Phi) is 5.51. The van der Waals surface area contributed by atoms with Crippen molar-refractivity contribution in [2.75, 3.05) is 13.1 Å². The summed E-state index contributed by atoms with van der Waals surface area (Å²) < 4.78 is 0. The van der Waals surface area contributed by atoms with E-state index in [0.29, 0.717) is 6.54 Å². The molecule has 5 nitrogen and oxygen atoms in total. The number of hydrogen-bond donors (Lipinski definition) is 1. The van der Waals surface area contributed by atoms with Gasteiger partial charge in [0.25, 0.3) is 0 Å². The lowest BCUT2D eigenvalue weighted by Gasteiger charge is -2.19. The molecule has 3 atom stereocenters. The Morgan fingerprint density at radius 1 is 1.12 bits per heavy atom. The van der Waals surface area contributed by atoms with E-state index in [0.717, 1.165) is 32.1 Å². The van der Waals surface area contributed by atoms with Crippen molar-refractivity contribution >= 4 is 17.7 Å². The molecule has 1 saturated carbocycles. The van der Waals surface area contributed by atoms with Gasteiger partial charge in [0.05, 0.1) is 11.8 Å². The number of carbonyl (C=O) groups excluding carboxylic acids is 3. The summed E-state index contributed by atoms with van der Waals surface area (Å²) in [4.78, 5) is 38.3. The molecule has 1 aliphatic carbocycles. The van der Waals surface area contributed by atoms with Crippen LogP contribution in [0.4, 0.5) is 0 Å². The lowest BCUT2D eigenvalue weighted by Crippen LogP contribution is -2.42. The Morgan fingerprint density at radius 2 is 1.72 bits per heavy atom. The van der Waals surface area contributed by atoms with Crippen LogP contribution in [-0.2, 0) is 14.4 Å². The van der Waals surface area contributed by atoms with E-state index >= 15 is 0 Å². The Bertz CT molecular complexity index is 620. The van der Waals surface area contributed by atoms with Crippen molar-refractivity contribution in [2.45, 2.75) is 44.9 Å². The van der Waals surface area contributed by atoms with Gasteiger partial charge in [-0.05, 0) is 24.8 Å². The number of fused-ring (bicyclic) bond motifs is 1. The minimum absolute atomic E-state index is 0.143. The standard InChI is InChI=1S/C20H26N2O3/c1-2-14(15-8-4-3-5-9-15)12-21-18(23)13-22-19(24)16-10-6-7-11-17(16)20(22)25/h3-5,8-9,14,16-17H,2,6-7,10-13H2,1H3,(H,21,23). The van der Waals surface area contributed by atoms with Gasteiger partial charge in [0.15, 0.2) is 0 Å². The molecule has 1 aliphatic heterocycles. The van der Waals surface area contributed by atoms with Crippen LogP contribution in [0.5, 0.6) is 0 Å². The van der Waals surface area contributed by atoms with E-state index < -0.39 is 0 Å². The second-order valence-corrected chi connectivity index (χ2v) is 7.08. The van der Waals surface area contributed by atoms with Crippen molar-refractivity contribution in [1.82, 2.24) is 10.2 Å². The molecule has 5 heteroatoms. The first-order valence-electron chi connectivity index (χ1n) is 9.28. The molecule has 25 heavy (non-hydrogen) atoms. The molecule has 1 saturated heterocycles. The maximum absolute atomic E-state index is 12.4. The van der Waals surface area contributed by atoms with Crippen LogP contribution < -0.4 is 5.32 Å². The van der Waals surface area contributed by atoms with Crippen LogP contribution in [0.25, 0.3) is 0 Å². The fourth-order valence-corrected chi connectivity index (χ4v) is 4.05. The quantitative estimate of drug-likeness (QED) is 0.808. The van der Waals surface area contributed by atoms with Crippen LogP contribution in [0, 0.1) is 11.8 Å².